The fourth-order valence-corrected chi connectivity index (χ4v) is 3.17. The van der Waals surface area contributed by atoms with Gasteiger partial charge in [-0.1, -0.05) is 6.07 Å². The van der Waals surface area contributed by atoms with Crippen LogP contribution in [0.2, 0.25) is 0 Å². The molecule has 1 heterocycles. The Bertz CT molecular complexity index is 727. The lowest BCUT2D eigenvalue weighted by Gasteiger charge is -2.31. The average molecular weight is 391 g/mol. The Morgan fingerprint density at radius 3 is 2.37 bits per heavy atom. The highest BCUT2D eigenvalue weighted by molar-refractivity contribution is 5.79. The monoisotopic (exact) mass is 391 g/mol. The molecule has 1 aromatic rings. The number of amides is 1. The van der Waals surface area contributed by atoms with Gasteiger partial charge in [0.2, 0.25) is 0 Å². The summed E-state index contributed by atoms with van der Waals surface area (Å²) in [4.78, 5) is 25.4. The standard InChI is InChI=1S/C18H21F4NO4/c1-17(2,3)27-16(26)23-8-4-5-13(23)14(15(24)25)10-6-7-11(12(19)9-10)18(20,21)22/h6-7,9,13-14H,4-5,8H2,1-3H3,(H,24,25)/t13?,14-/m0/s1. The van der Waals surface area contributed by atoms with Crippen molar-refractivity contribution < 1.29 is 37.0 Å². The number of carbonyl (C=O) groups is 2. The van der Waals surface area contributed by atoms with Crippen LogP contribution in [0.25, 0.3) is 0 Å². The van der Waals surface area contributed by atoms with Crippen LogP contribution in [-0.2, 0) is 15.7 Å². The summed E-state index contributed by atoms with van der Waals surface area (Å²) in [6, 6.07) is 1.20. The van der Waals surface area contributed by atoms with Gasteiger partial charge in [0, 0.05) is 6.54 Å². The van der Waals surface area contributed by atoms with Gasteiger partial charge in [-0.25, -0.2) is 9.18 Å². The Kier molecular flexibility index (Phi) is 5.72. The molecule has 1 N–H and O–H groups in total. The van der Waals surface area contributed by atoms with Crippen molar-refractivity contribution in [3.05, 3.63) is 35.1 Å². The van der Waals surface area contributed by atoms with Gasteiger partial charge in [-0.3, -0.25) is 4.79 Å². The summed E-state index contributed by atoms with van der Waals surface area (Å²) in [5.41, 5.74) is -2.39. The maximum Gasteiger partial charge on any atom is 0.419 e. The summed E-state index contributed by atoms with van der Waals surface area (Å²) in [7, 11) is 0. The van der Waals surface area contributed by atoms with Crippen molar-refractivity contribution in [2.75, 3.05) is 6.54 Å². The molecule has 0 bridgehead atoms. The lowest BCUT2D eigenvalue weighted by atomic mass is 9.89. The third-order valence-electron chi connectivity index (χ3n) is 4.24. The molecule has 2 rings (SSSR count). The minimum Gasteiger partial charge on any atom is -0.481 e. The lowest BCUT2D eigenvalue weighted by molar-refractivity contribution is -0.140. The van der Waals surface area contributed by atoms with Crippen molar-refractivity contribution in [3.63, 3.8) is 0 Å². The molecule has 1 amide bonds. The highest BCUT2D eigenvalue weighted by Gasteiger charge is 2.42. The van der Waals surface area contributed by atoms with Crippen LogP contribution in [0.15, 0.2) is 18.2 Å². The van der Waals surface area contributed by atoms with Crippen molar-refractivity contribution in [2.24, 2.45) is 0 Å². The predicted octanol–water partition coefficient (Wildman–Crippen LogP) is 4.41. The molecule has 2 atom stereocenters. The van der Waals surface area contributed by atoms with Crippen LogP contribution < -0.4 is 0 Å². The van der Waals surface area contributed by atoms with Crippen molar-refractivity contribution in [3.8, 4) is 0 Å². The molecule has 0 aromatic heterocycles. The molecule has 27 heavy (non-hydrogen) atoms. The minimum atomic E-state index is -4.88. The van der Waals surface area contributed by atoms with Gasteiger partial charge in [0.1, 0.15) is 17.3 Å². The third kappa shape index (κ3) is 4.90. The number of likely N-dealkylation sites (tertiary alicyclic amines) is 1. The van der Waals surface area contributed by atoms with E-state index in [-0.39, 0.29) is 12.1 Å². The van der Waals surface area contributed by atoms with Crippen molar-refractivity contribution in [1.29, 1.82) is 0 Å². The third-order valence-corrected chi connectivity index (χ3v) is 4.24. The summed E-state index contributed by atoms with van der Waals surface area (Å²) >= 11 is 0. The van der Waals surface area contributed by atoms with Crippen molar-refractivity contribution >= 4 is 12.1 Å². The topological polar surface area (TPSA) is 66.8 Å². The fraction of sp³-hybridized carbons (Fsp3) is 0.556. The number of hydrogen-bond donors (Lipinski definition) is 1. The number of carboxylic acid groups (broad SMARTS) is 1. The van der Waals surface area contributed by atoms with Crippen LogP contribution in [0.5, 0.6) is 0 Å². The van der Waals surface area contributed by atoms with E-state index in [0.717, 1.165) is 6.07 Å². The van der Waals surface area contributed by atoms with Gasteiger partial charge in [-0.05, 0) is 51.3 Å². The quantitative estimate of drug-likeness (QED) is 0.775. The van der Waals surface area contributed by atoms with E-state index in [4.69, 9.17) is 4.74 Å². The zero-order valence-corrected chi connectivity index (χ0v) is 15.1. The number of rotatable bonds is 3. The maximum absolute atomic E-state index is 13.9. The van der Waals surface area contributed by atoms with Gasteiger partial charge in [-0.2, -0.15) is 13.2 Å². The summed E-state index contributed by atoms with van der Waals surface area (Å²) in [5, 5.41) is 9.62. The van der Waals surface area contributed by atoms with E-state index in [1.807, 2.05) is 0 Å². The highest BCUT2D eigenvalue weighted by atomic mass is 19.4. The first-order valence-corrected chi connectivity index (χ1v) is 8.40. The Balaban J connectivity index is 2.36. The first-order valence-electron chi connectivity index (χ1n) is 8.40. The van der Waals surface area contributed by atoms with Crippen LogP contribution in [-0.4, -0.2) is 40.3 Å². The number of ether oxygens (including phenoxy) is 1. The molecular formula is C18H21F4NO4. The van der Waals surface area contributed by atoms with Crippen LogP contribution in [0, 0.1) is 5.82 Å². The molecule has 5 nitrogen and oxygen atoms in total. The summed E-state index contributed by atoms with van der Waals surface area (Å²) in [6.07, 6.45) is -4.75. The van der Waals surface area contributed by atoms with Gasteiger partial charge < -0.3 is 14.7 Å². The molecule has 1 fully saturated rings. The SMILES string of the molecule is CC(C)(C)OC(=O)N1CCCC1[C@@H](C(=O)O)c1ccc(C(F)(F)F)c(F)c1. The summed E-state index contributed by atoms with van der Waals surface area (Å²) < 4.78 is 57.4. The largest absolute Gasteiger partial charge is 0.481 e. The van der Waals surface area contributed by atoms with Gasteiger partial charge >= 0.3 is 18.2 Å². The van der Waals surface area contributed by atoms with Crippen LogP contribution in [0.1, 0.15) is 50.7 Å². The van der Waals surface area contributed by atoms with Gasteiger partial charge in [-0.15, -0.1) is 0 Å². The van der Waals surface area contributed by atoms with Crippen molar-refractivity contribution in [1.82, 2.24) is 4.90 Å². The summed E-state index contributed by atoms with van der Waals surface area (Å²) in [5.74, 6) is -4.26. The summed E-state index contributed by atoms with van der Waals surface area (Å²) in [6.45, 7) is 5.24. The fourth-order valence-electron chi connectivity index (χ4n) is 3.17. The number of aliphatic carboxylic acids is 1. The Morgan fingerprint density at radius 1 is 1.26 bits per heavy atom. The van der Waals surface area contributed by atoms with E-state index in [2.05, 4.69) is 0 Å². The van der Waals surface area contributed by atoms with E-state index in [9.17, 15) is 32.3 Å². The van der Waals surface area contributed by atoms with Crippen LogP contribution >= 0.6 is 0 Å². The van der Waals surface area contributed by atoms with Gasteiger partial charge in [0.15, 0.2) is 0 Å². The lowest BCUT2D eigenvalue weighted by Crippen LogP contribution is -2.44. The van der Waals surface area contributed by atoms with E-state index in [1.54, 1.807) is 20.8 Å². The number of nitrogens with zero attached hydrogens (tertiary/aromatic N) is 1. The average Bonchev–Trinajstić information content (AvgIpc) is 2.93. The molecule has 0 aliphatic carbocycles. The highest BCUT2D eigenvalue weighted by Crippen LogP contribution is 2.36. The first kappa shape index (κ1) is 21.0. The van der Waals surface area contributed by atoms with Crippen LogP contribution in [0.3, 0.4) is 0 Å². The van der Waals surface area contributed by atoms with Crippen molar-refractivity contribution in [2.45, 2.75) is 57.3 Å². The molecule has 1 aromatic carbocycles. The maximum atomic E-state index is 13.9. The number of halogens is 4. The van der Waals surface area contributed by atoms with E-state index in [1.165, 1.54) is 4.90 Å². The molecular weight excluding hydrogens is 370 g/mol. The van der Waals surface area contributed by atoms with E-state index < -0.39 is 47.2 Å². The Labute approximate surface area is 153 Å². The predicted molar refractivity (Wildman–Crippen MR) is 87.7 cm³/mol. The van der Waals surface area contributed by atoms with E-state index in [0.29, 0.717) is 25.0 Å². The van der Waals surface area contributed by atoms with E-state index >= 15 is 0 Å². The molecule has 0 spiro atoms. The zero-order chi connectivity index (χ0) is 20.6. The number of carbonyl (C=O) groups excluding carboxylic acids is 1. The Hall–Kier alpha value is -2.32. The molecule has 9 heteroatoms. The zero-order valence-electron chi connectivity index (χ0n) is 15.1. The minimum absolute atomic E-state index is 0.131. The number of carboxylic acids is 1. The molecule has 1 aliphatic heterocycles. The number of benzene rings is 1. The second kappa shape index (κ2) is 7.36. The molecule has 1 unspecified atom stereocenters. The molecule has 0 radical (unpaired) electrons. The molecule has 0 saturated carbocycles. The Morgan fingerprint density at radius 2 is 1.89 bits per heavy atom. The molecule has 150 valence electrons. The van der Waals surface area contributed by atoms with Gasteiger partial charge in [0.05, 0.1) is 11.6 Å². The second-order valence-electron chi connectivity index (χ2n) is 7.44. The molecule has 1 aliphatic rings. The van der Waals surface area contributed by atoms with Gasteiger partial charge in [0.25, 0.3) is 0 Å². The number of hydrogen-bond acceptors (Lipinski definition) is 3. The van der Waals surface area contributed by atoms with Crippen LogP contribution in [0.4, 0.5) is 22.4 Å². The normalized spacial score (nSPS) is 19.1. The second-order valence-corrected chi connectivity index (χ2v) is 7.44. The number of alkyl halides is 3. The smallest absolute Gasteiger partial charge is 0.419 e. The molecule has 1 saturated heterocycles. The first-order chi connectivity index (χ1) is 12.3.